The van der Waals surface area contributed by atoms with E-state index in [1.54, 1.807) is 0 Å². The lowest BCUT2D eigenvalue weighted by atomic mass is 9.49. The van der Waals surface area contributed by atoms with Crippen LogP contribution in [-0.4, -0.2) is 48.6 Å². The fourth-order valence-corrected chi connectivity index (χ4v) is 7.07. The first-order valence-corrected chi connectivity index (χ1v) is 11.9. The topological polar surface area (TPSA) is 48.0 Å². The SMILES string of the molecule is C#CCOc1ccc2c3c1O[C@H]1C(=O)CC[C@@]4(OCc5cccc(Cl)c5)[C@@H](C2)N(C)CC[C@]314.Cl. The first kappa shape index (κ1) is 23.5. The molecule has 4 aliphatic rings. The average Bonchev–Trinajstić information content (AvgIpc) is 3.17. The van der Waals surface area contributed by atoms with Crippen LogP contribution in [0.25, 0.3) is 0 Å². The number of hydrogen-bond acceptors (Lipinski definition) is 5. The van der Waals surface area contributed by atoms with E-state index in [1.165, 1.54) is 5.56 Å². The van der Waals surface area contributed by atoms with Gasteiger partial charge in [0, 0.05) is 23.0 Å². The highest BCUT2D eigenvalue weighted by Crippen LogP contribution is 2.66. The molecular formula is C27H27Cl2NO4. The van der Waals surface area contributed by atoms with Gasteiger partial charge in [-0.05, 0) is 62.2 Å². The van der Waals surface area contributed by atoms with Crippen molar-refractivity contribution in [3.8, 4) is 23.8 Å². The van der Waals surface area contributed by atoms with E-state index >= 15 is 0 Å². The van der Waals surface area contributed by atoms with Crippen molar-refractivity contribution in [3.05, 3.63) is 58.1 Å². The molecule has 0 N–H and O–H groups in total. The number of likely N-dealkylation sites (N-methyl/N-ethyl adjacent to an activating group) is 1. The first-order chi connectivity index (χ1) is 16.0. The molecule has 34 heavy (non-hydrogen) atoms. The fraction of sp³-hybridized carbons (Fsp3) is 0.444. The molecule has 1 spiro atoms. The molecule has 7 heteroatoms. The van der Waals surface area contributed by atoms with Crippen molar-refractivity contribution >= 4 is 29.8 Å². The Morgan fingerprint density at radius 2 is 2.15 bits per heavy atom. The van der Waals surface area contributed by atoms with Crippen LogP contribution in [0.5, 0.6) is 11.5 Å². The Hall–Kier alpha value is -2.23. The van der Waals surface area contributed by atoms with E-state index in [9.17, 15) is 4.79 Å². The molecule has 178 valence electrons. The Morgan fingerprint density at radius 1 is 1.29 bits per heavy atom. The molecule has 0 unspecified atom stereocenters. The highest BCUT2D eigenvalue weighted by molar-refractivity contribution is 6.30. The zero-order chi connectivity index (χ0) is 22.8. The molecular weight excluding hydrogens is 473 g/mol. The maximum Gasteiger partial charge on any atom is 0.174 e. The number of carbonyl (C=O) groups is 1. The molecule has 0 radical (unpaired) electrons. The molecule has 2 aromatic rings. The third-order valence-electron chi connectivity index (χ3n) is 8.17. The molecule has 2 aromatic carbocycles. The lowest BCUT2D eigenvalue weighted by Gasteiger charge is -2.64. The van der Waals surface area contributed by atoms with E-state index in [4.69, 9.17) is 32.2 Å². The van der Waals surface area contributed by atoms with Crippen LogP contribution in [0.3, 0.4) is 0 Å². The molecule has 2 heterocycles. The van der Waals surface area contributed by atoms with Crippen LogP contribution >= 0.6 is 24.0 Å². The van der Waals surface area contributed by atoms with Crippen molar-refractivity contribution in [2.45, 2.75) is 55.5 Å². The second kappa shape index (κ2) is 8.46. The number of ether oxygens (including phenoxy) is 3. The summed E-state index contributed by atoms with van der Waals surface area (Å²) in [5.41, 5.74) is 2.28. The number of halogens is 2. The Bertz CT molecular complexity index is 1190. The average molecular weight is 500 g/mol. The van der Waals surface area contributed by atoms with Gasteiger partial charge in [0.15, 0.2) is 23.4 Å². The minimum Gasteiger partial charge on any atom is -0.477 e. The number of Topliss-reactive ketones (excluding diaryl/α,β-unsaturated/α-hetero) is 1. The number of carbonyl (C=O) groups excluding carboxylic acids is 1. The van der Waals surface area contributed by atoms with Crippen LogP contribution in [0, 0.1) is 12.3 Å². The van der Waals surface area contributed by atoms with Crippen LogP contribution in [0.4, 0.5) is 0 Å². The van der Waals surface area contributed by atoms with E-state index in [0.29, 0.717) is 36.0 Å². The van der Waals surface area contributed by atoms with Crippen LogP contribution in [0.2, 0.25) is 5.02 Å². The van der Waals surface area contributed by atoms with Gasteiger partial charge >= 0.3 is 0 Å². The number of piperidine rings is 1. The van der Waals surface area contributed by atoms with Crippen molar-refractivity contribution in [1.82, 2.24) is 4.90 Å². The summed E-state index contributed by atoms with van der Waals surface area (Å²) in [5.74, 6) is 3.97. The van der Waals surface area contributed by atoms with E-state index < -0.39 is 17.1 Å². The Morgan fingerprint density at radius 3 is 2.94 bits per heavy atom. The van der Waals surface area contributed by atoms with E-state index in [2.05, 4.69) is 23.9 Å². The number of hydrogen-bond donors (Lipinski definition) is 0. The fourth-order valence-electron chi connectivity index (χ4n) is 6.86. The number of benzene rings is 2. The third-order valence-corrected chi connectivity index (χ3v) is 8.40. The highest BCUT2D eigenvalue weighted by atomic mass is 35.5. The number of rotatable bonds is 5. The van der Waals surface area contributed by atoms with Crippen molar-refractivity contribution < 1.29 is 19.0 Å². The monoisotopic (exact) mass is 499 g/mol. The molecule has 0 aromatic heterocycles. The Labute approximate surface area is 211 Å². The van der Waals surface area contributed by atoms with E-state index in [-0.39, 0.29) is 30.8 Å². The summed E-state index contributed by atoms with van der Waals surface area (Å²) >= 11 is 6.24. The first-order valence-electron chi connectivity index (χ1n) is 11.5. The number of nitrogens with zero attached hydrogens (tertiary/aromatic N) is 1. The molecule has 0 amide bonds. The number of ketones is 1. The van der Waals surface area contributed by atoms with Crippen molar-refractivity contribution in [3.63, 3.8) is 0 Å². The van der Waals surface area contributed by atoms with Crippen molar-refractivity contribution in [1.29, 1.82) is 0 Å². The quantitative estimate of drug-likeness (QED) is 0.572. The maximum absolute atomic E-state index is 13.3. The second-order valence-electron chi connectivity index (χ2n) is 9.61. The Balaban J connectivity index is 0.00000241. The molecule has 4 atom stereocenters. The van der Waals surface area contributed by atoms with E-state index in [0.717, 1.165) is 30.5 Å². The van der Waals surface area contributed by atoms with Gasteiger partial charge in [0.05, 0.1) is 17.6 Å². The van der Waals surface area contributed by atoms with Gasteiger partial charge in [0.25, 0.3) is 0 Å². The zero-order valence-corrected chi connectivity index (χ0v) is 20.6. The summed E-state index contributed by atoms with van der Waals surface area (Å²) in [4.78, 5) is 15.7. The molecule has 6 rings (SSSR count). The normalized spacial score (nSPS) is 30.6. The lowest BCUT2D eigenvalue weighted by Crippen LogP contribution is -2.76. The molecule has 1 saturated heterocycles. The highest BCUT2D eigenvalue weighted by Gasteiger charge is 2.74. The van der Waals surface area contributed by atoms with Gasteiger partial charge in [-0.2, -0.15) is 0 Å². The van der Waals surface area contributed by atoms with Gasteiger partial charge in [-0.25, -0.2) is 0 Å². The van der Waals surface area contributed by atoms with Gasteiger partial charge < -0.3 is 19.1 Å². The largest absolute Gasteiger partial charge is 0.477 e. The number of terminal acetylenes is 1. The summed E-state index contributed by atoms with van der Waals surface area (Å²) < 4.78 is 19.3. The summed E-state index contributed by atoms with van der Waals surface area (Å²) in [7, 11) is 2.17. The zero-order valence-electron chi connectivity index (χ0n) is 19.0. The van der Waals surface area contributed by atoms with Crippen LogP contribution < -0.4 is 9.47 Å². The van der Waals surface area contributed by atoms with Crippen molar-refractivity contribution in [2.75, 3.05) is 20.2 Å². The minimum absolute atomic E-state index is 0. The van der Waals surface area contributed by atoms with Crippen LogP contribution in [0.15, 0.2) is 36.4 Å². The number of likely N-dealkylation sites (tertiary alicyclic amines) is 1. The van der Waals surface area contributed by atoms with Gasteiger partial charge in [0.2, 0.25) is 0 Å². The summed E-state index contributed by atoms with van der Waals surface area (Å²) in [5, 5.41) is 0.691. The third kappa shape index (κ3) is 3.06. The van der Waals surface area contributed by atoms with Crippen LogP contribution in [-0.2, 0) is 28.0 Å². The standard InChI is InChI=1S/C27H26ClNO4.ClH/c1-3-13-31-21-8-7-18-15-22-27(32-16-17-5-4-6-19(28)14-17)10-9-20(30)25-26(27,11-12-29(22)2)23(18)24(21)33-25;/h1,4-8,14,22,25H,9-13,15-16H2,2H3;1H/t22-,25+,26+,27-;/m1./s1. The Kier molecular flexibility index (Phi) is 5.85. The maximum atomic E-state index is 13.3. The summed E-state index contributed by atoms with van der Waals surface area (Å²) in [6.45, 7) is 1.47. The minimum atomic E-state index is -0.563. The van der Waals surface area contributed by atoms with Crippen molar-refractivity contribution in [2.24, 2.45) is 0 Å². The lowest BCUT2D eigenvalue weighted by molar-refractivity contribution is -0.215. The predicted octanol–water partition coefficient (Wildman–Crippen LogP) is 4.35. The second-order valence-corrected chi connectivity index (χ2v) is 10.1. The van der Waals surface area contributed by atoms with Gasteiger partial charge in [0.1, 0.15) is 6.61 Å². The molecule has 2 aliphatic carbocycles. The predicted molar refractivity (Wildman–Crippen MR) is 132 cm³/mol. The van der Waals surface area contributed by atoms with Gasteiger partial charge in [-0.15, -0.1) is 18.8 Å². The summed E-state index contributed by atoms with van der Waals surface area (Å²) in [6.07, 6.45) is 7.63. The van der Waals surface area contributed by atoms with E-state index in [1.807, 2.05) is 30.3 Å². The molecule has 5 nitrogen and oxygen atoms in total. The summed E-state index contributed by atoms with van der Waals surface area (Å²) in [6, 6.07) is 12.0. The molecule has 2 aliphatic heterocycles. The van der Waals surface area contributed by atoms with Gasteiger partial charge in [-0.3, -0.25) is 4.79 Å². The van der Waals surface area contributed by atoms with Gasteiger partial charge in [-0.1, -0.05) is 35.7 Å². The smallest absolute Gasteiger partial charge is 0.174 e. The van der Waals surface area contributed by atoms with Crippen LogP contribution in [0.1, 0.15) is 36.0 Å². The molecule has 2 bridgehead atoms. The molecule has 2 fully saturated rings. The molecule has 1 saturated carbocycles.